The van der Waals surface area contributed by atoms with Gasteiger partial charge in [0.1, 0.15) is 0 Å². The van der Waals surface area contributed by atoms with Crippen LogP contribution >= 0.6 is 0 Å². The minimum absolute atomic E-state index is 0.0100. The zero-order valence-electron chi connectivity index (χ0n) is 18.4. The van der Waals surface area contributed by atoms with Crippen molar-refractivity contribution in [2.45, 2.75) is 6.61 Å². The monoisotopic (exact) mass is 474 g/mol. The number of benzene rings is 2. The molecule has 8 bridgehead atoms. The van der Waals surface area contributed by atoms with Crippen molar-refractivity contribution < 1.29 is 18.3 Å². The molecule has 2 aliphatic rings. The smallest absolute Gasteiger partial charge is 0.251 e. The van der Waals surface area contributed by atoms with Crippen LogP contribution in [0.2, 0.25) is 0 Å². The van der Waals surface area contributed by atoms with Gasteiger partial charge in [-0.1, -0.05) is 24.3 Å². The molecule has 0 saturated heterocycles. The topological polar surface area (TPSA) is 101 Å². The van der Waals surface area contributed by atoms with Crippen molar-refractivity contribution >= 4 is 29.0 Å². The van der Waals surface area contributed by atoms with E-state index >= 15 is 0 Å². The number of hydrogen-bond donors (Lipinski definition) is 3. The van der Waals surface area contributed by atoms with Gasteiger partial charge in [-0.15, -0.1) is 0 Å². The van der Waals surface area contributed by atoms with E-state index in [4.69, 9.17) is 4.74 Å². The average molecular weight is 474 g/mol. The first-order valence-electron chi connectivity index (χ1n) is 10.8. The average Bonchev–Trinajstić information content (AvgIpc) is 2.87. The van der Waals surface area contributed by atoms with Crippen LogP contribution in [0, 0.1) is 11.8 Å². The van der Waals surface area contributed by atoms with Gasteiger partial charge >= 0.3 is 0 Å². The minimum atomic E-state index is -0.765. The van der Waals surface area contributed by atoms with E-state index in [1.165, 1.54) is 6.20 Å². The minimum Gasteiger partial charge on any atom is -0.375 e. The van der Waals surface area contributed by atoms with E-state index in [1.807, 2.05) is 6.07 Å². The molecule has 2 aromatic heterocycles. The number of nitrogens with one attached hydrogen (secondary N) is 3. The number of carbonyl (C=O) groups is 1. The van der Waals surface area contributed by atoms with Gasteiger partial charge in [0, 0.05) is 29.6 Å². The van der Waals surface area contributed by atoms with Gasteiger partial charge in [0.25, 0.3) is 5.91 Å². The number of amides is 1. The molecule has 0 aliphatic carbocycles. The van der Waals surface area contributed by atoms with Gasteiger partial charge < -0.3 is 20.7 Å². The molecule has 0 radical (unpaired) electrons. The number of ether oxygens (including phenoxy) is 1. The van der Waals surface area contributed by atoms with Gasteiger partial charge in [0.05, 0.1) is 25.1 Å². The molecule has 10 heteroatoms. The number of rotatable bonds is 0. The molecule has 8 nitrogen and oxygen atoms in total. The van der Waals surface area contributed by atoms with Crippen molar-refractivity contribution in [1.29, 1.82) is 0 Å². The third kappa shape index (κ3) is 5.22. The highest BCUT2D eigenvalue weighted by molar-refractivity contribution is 5.94. The first-order chi connectivity index (χ1) is 17.0. The van der Waals surface area contributed by atoms with Crippen LogP contribution in [0.4, 0.5) is 31.9 Å². The normalized spacial score (nSPS) is 13.7. The maximum absolute atomic E-state index is 14.5. The number of carbonyl (C=O) groups excluding carboxylic acids is 1. The predicted octanol–water partition coefficient (Wildman–Crippen LogP) is 4.56. The highest BCUT2D eigenvalue weighted by atomic mass is 19.1. The lowest BCUT2D eigenvalue weighted by Gasteiger charge is -2.11. The van der Waals surface area contributed by atoms with Crippen molar-refractivity contribution in [3.63, 3.8) is 0 Å². The van der Waals surface area contributed by atoms with E-state index in [2.05, 4.69) is 30.9 Å². The van der Waals surface area contributed by atoms with Gasteiger partial charge in [-0.05, 0) is 41.5 Å². The van der Waals surface area contributed by atoms with Gasteiger partial charge in [0.2, 0.25) is 11.9 Å². The molecule has 1 amide bonds. The molecule has 4 heterocycles. The maximum Gasteiger partial charge on any atom is 0.251 e. The number of aromatic nitrogens is 3. The SMILES string of the molecule is O=C1NCCOCc2cccc(c2)Nc2nc(ncc2F)Nc2cc(cnc2F)-c2ccc1cc2. The zero-order chi connectivity index (χ0) is 24.2. The van der Waals surface area contributed by atoms with Crippen molar-refractivity contribution in [2.24, 2.45) is 0 Å². The lowest BCUT2D eigenvalue weighted by molar-refractivity contribution is 0.0901. The van der Waals surface area contributed by atoms with Crippen molar-refractivity contribution in [3.8, 4) is 11.1 Å². The molecule has 2 aliphatic heterocycles. The Hall–Kier alpha value is -4.44. The first kappa shape index (κ1) is 22.4. The van der Waals surface area contributed by atoms with Crippen LogP contribution < -0.4 is 16.0 Å². The summed E-state index contributed by atoms with van der Waals surface area (Å²) in [6.07, 6.45) is 2.38. The Balaban J connectivity index is 1.52. The van der Waals surface area contributed by atoms with Crippen LogP contribution in [0.1, 0.15) is 15.9 Å². The number of nitrogens with zero attached hydrogens (tertiary/aromatic N) is 3. The van der Waals surface area contributed by atoms with Gasteiger partial charge in [0.15, 0.2) is 11.6 Å². The summed E-state index contributed by atoms with van der Waals surface area (Å²) < 4.78 is 34.5. The fraction of sp³-hybridized carbons (Fsp3) is 0.120. The van der Waals surface area contributed by atoms with Crippen molar-refractivity contribution in [3.05, 3.63) is 89.9 Å². The number of halogens is 2. The number of anilines is 4. The van der Waals surface area contributed by atoms with Crippen LogP contribution in [0.15, 0.2) is 67.0 Å². The van der Waals surface area contributed by atoms with E-state index < -0.39 is 11.8 Å². The lowest BCUT2D eigenvalue weighted by Crippen LogP contribution is -2.27. The largest absolute Gasteiger partial charge is 0.375 e. The molecule has 4 aromatic rings. The lowest BCUT2D eigenvalue weighted by atomic mass is 10.0. The first-order valence-corrected chi connectivity index (χ1v) is 10.8. The molecule has 0 fully saturated rings. The Morgan fingerprint density at radius 3 is 2.57 bits per heavy atom. The molecule has 0 saturated carbocycles. The second-order valence-corrected chi connectivity index (χ2v) is 7.79. The van der Waals surface area contributed by atoms with E-state index in [1.54, 1.807) is 48.5 Å². The Labute approximate surface area is 199 Å². The van der Waals surface area contributed by atoms with Gasteiger partial charge in [-0.3, -0.25) is 4.79 Å². The summed E-state index contributed by atoms with van der Waals surface area (Å²) in [5.41, 5.74) is 3.28. The molecule has 2 aromatic carbocycles. The Bertz CT molecular complexity index is 1380. The second kappa shape index (κ2) is 9.82. The van der Waals surface area contributed by atoms with E-state index in [0.29, 0.717) is 36.6 Å². The number of hydrogen-bond acceptors (Lipinski definition) is 7. The maximum atomic E-state index is 14.5. The molecule has 0 atom stereocenters. The highest BCUT2D eigenvalue weighted by Gasteiger charge is 2.13. The second-order valence-electron chi connectivity index (χ2n) is 7.79. The number of fused-ring (bicyclic) bond motifs is 7. The van der Waals surface area contributed by atoms with Crippen molar-refractivity contribution in [2.75, 3.05) is 23.8 Å². The molecular weight excluding hydrogens is 454 g/mol. The van der Waals surface area contributed by atoms with Crippen LogP contribution in [0.5, 0.6) is 0 Å². The standard InChI is InChI=1S/C25H20F2N6O2/c26-20-13-30-25-32-21-11-18(12-29-22(21)27)16-4-6-17(7-5-16)24(34)28-8-9-35-14-15-2-1-3-19(10-15)31-23(20)33-25/h1-7,10-13H,8-9,14H2,(H,28,34)(H2,30,31,32,33). The summed E-state index contributed by atoms with van der Waals surface area (Å²) in [6.45, 7) is 0.965. The molecule has 35 heavy (non-hydrogen) atoms. The van der Waals surface area contributed by atoms with E-state index in [-0.39, 0.29) is 23.4 Å². The van der Waals surface area contributed by atoms with Gasteiger partial charge in [-0.2, -0.15) is 9.37 Å². The third-order valence-corrected chi connectivity index (χ3v) is 5.30. The Morgan fingerprint density at radius 1 is 0.886 bits per heavy atom. The molecule has 0 unspecified atom stereocenters. The summed E-state index contributed by atoms with van der Waals surface area (Å²) in [6, 6.07) is 15.6. The van der Waals surface area contributed by atoms with Gasteiger partial charge in [-0.25, -0.2) is 14.4 Å². The van der Waals surface area contributed by atoms with E-state index in [0.717, 1.165) is 17.3 Å². The van der Waals surface area contributed by atoms with Crippen LogP contribution in [-0.2, 0) is 11.3 Å². The highest BCUT2D eigenvalue weighted by Crippen LogP contribution is 2.26. The molecule has 3 N–H and O–H groups in total. The molecule has 0 spiro atoms. The third-order valence-electron chi connectivity index (χ3n) is 5.30. The summed E-state index contributed by atoms with van der Waals surface area (Å²) >= 11 is 0. The summed E-state index contributed by atoms with van der Waals surface area (Å²) in [7, 11) is 0. The molecule has 6 rings (SSSR count). The molecular formula is C25H20F2N6O2. The van der Waals surface area contributed by atoms with Crippen LogP contribution in [0.3, 0.4) is 0 Å². The summed E-state index contributed by atoms with van der Waals surface area (Å²) in [4.78, 5) is 24.3. The van der Waals surface area contributed by atoms with Crippen LogP contribution in [0.25, 0.3) is 11.1 Å². The Morgan fingerprint density at radius 2 is 1.71 bits per heavy atom. The van der Waals surface area contributed by atoms with Crippen molar-refractivity contribution in [1.82, 2.24) is 20.3 Å². The fourth-order valence-electron chi connectivity index (χ4n) is 3.55. The van der Waals surface area contributed by atoms with E-state index in [9.17, 15) is 13.6 Å². The molecule has 176 valence electrons. The zero-order valence-corrected chi connectivity index (χ0v) is 18.4. The van der Waals surface area contributed by atoms with Crippen LogP contribution in [-0.4, -0.2) is 34.0 Å². The summed E-state index contributed by atoms with van der Waals surface area (Å²) in [5, 5.41) is 8.50. The quantitative estimate of drug-likeness (QED) is 0.321. The summed E-state index contributed by atoms with van der Waals surface area (Å²) in [5.74, 6) is -1.74. The fourth-order valence-corrected chi connectivity index (χ4v) is 3.55. The Kier molecular flexibility index (Phi) is 6.27. The predicted molar refractivity (Wildman–Crippen MR) is 127 cm³/mol. The number of pyridine rings is 1.